The number of halogens is 2. The number of nitrogens with two attached hydrogens (primary N) is 1. The van der Waals surface area contributed by atoms with Crippen LogP contribution in [0, 0.1) is 5.82 Å². The molecule has 0 spiro atoms. The molecule has 3 aromatic rings. The van der Waals surface area contributed by atoms with Crippen molar-refractivity contribution in [3.63, 3.8) is 0 Å². The molecule has 5 heteroatoms. The lowest BCUT2D eigenvalue weighted by molar-refractivity contribution is 0.436. The van der Waals surface area contributed by atoms with Crippen LogP contribution in [-0.4, -0.2) is 5.16 Å². The molecule has 1 heterocycles. The number of hydrogen-bond donors (Lipinski definition) is 1. The van der Waals surface area contributed by atoms with E-state index in [1.165, 1.54) is 12.1 Å². The Morgan fingerprint density at radius 1 is 1.05 bits per heavy atom. The highest BCUT2D eigenvalue weighted by atomic mass is 35.5. The summed E-state index contributed by atoms with van der Waals surface area (Å²) >= 11 is 5.99. The highest BCUT2D eigenvalue weighted by Crippen LogP contribution is 2.37. The average molecular weight is 289 g/mol. The van der Waals surface area contributed by atoms with Crippen molar-refractivity contribution in [3.05, 3.63) is 59.4 Å². The summed E-state index contributed by atoms with van der Waals surface area (Å²) in [4.78, 5) is 0. The normalized spacial score (nSPS) is 10.7. The third kappa shape index (κ3) is 2.26. The molecule has 0 aliphatic rings. The Balaban J connectivity index is 2.20. The van der Waals surface area contributed by atoms with Crippen LogP contribution >= 0.6 is 11.6 Å². The van der Waals surface area contributed by atoms with Gasteiger partial charge in [0.2, 0.25) is 0 Å². The van der Waals surface area contributed by atoms with Gasteiger partial charge in [-0.25, -0.2) is 4.39 Å². The van der Waals surface area contributed by atoms with Gasteiger partial charge in [-0.2, -0.15) is 0 Å². The van der Waals surface area contributed by atoms with Crippen molar-refractivity contribution in [3.8, 4) is 22.5 Å². The topological polar surface area (TPSA) is 52.0 Å². The molecule has 0 aliphatic carbocycles. The molecule has 100 valence electrons. The number of rotatable bonds is 2. The Bertz CT molecular complexity index is 770. The number of hydrogen-bond acceptors (Lipinski definition) is 3. The molecular formula is C15H10ClFN2O. The Kier molecular flexibility index (Phi) is 3.16. The highest BCUT2D eigenvalue weighted by molar-refractivity contribution is 6.30. The molecule has 2 aromatic carbocycles. The van der Waals surface area contributed by atoms with Crippen molar-refractivity contribution >= 4 is 17.4 Å². The van der Waals surface area contributed by atoms with E-state index in [4.69, 9.17) is 21.9 Å². The number of nitrogens with zero attached hydrogens (tertiary/aromatic N) is 1. The highest BCUT2D eigenvalue weighted by Gasteiger charge is 2.18. The molecule has 0 amide bonds. The van der Waals surface area contributed by atoms with Gasteiger partial charge in [0.25, 0.3) is 0 Å². The van der Waals surface area contributed by atoms with Crippen molar-refractivity contribution in [1.82, 2.24) is 5.16 Å². The summed E-state index contributed by atoms with van der Waals surface area (Å²) in [5.74, 6) is 0.310. The quantitative estimate of drug-likeness (QED) is 0.761. The second-order valence-corrected chi connectivity index (χ2v) is 4.73. The van der Waals surface area contributed by atoms with E-state index in [0.717, 1.165) is 5.56 Å². The van der Waals surface area contributed by atoms with Gasteiger partial charge in [-0.05, 0) is 29.8 Å². The Morgan fingerprint density at radius 3 is 2.55 bits per heavy atom. The number of benzene rings is 2. The molecule has 0 unspecified atom stereocenters. The van der Waals surface area contributed by atoms with Gasteiger partial charge < -0.3 is 10.3 Å². The summed E-state index contributed by atoms with van der Waals surface area (Å²) in [6, 6.07) is 13.2. The lowest BCUT2D eigenvalue weighted by Crippen LogP contribution is -1.89. The average Bonchev–Trinajstić information content (AvgIpc) is 2.80. The lowest BCUT2D eigenvalue weighted by Gasteiger charge is -2.03. The van der Waals surface area contributed by atoms with E-state index >= 15 is 0 Å². The molecule has 1 aromatic heterocycles. The maximum atomic E-state index is 13.3. The molecule has 0 fully saturated rings. The van der Waals surface area contributed by atoms with Crippen molar-refractivity contribution in [2.75, 3.05) is 5.73 Å². The SMILES string of the molecule is Nc1noc(-c2cccc(F)c2)c1-c1cccc(Cl)c1. The van der Waals surface area contributed by atoms with Gasteiger partial charge >= 0.3 is 0 Å². The molecule has 0 radical (unpaired) electrons. The summed E-state index contributed by atoms with van der Waals surface area (Å²) in [5, 5.41) is 4.34. The fourth-order valence-corrected chi connectivity index (χ4v) is 2.24. The van der Waals surface area contributed by atoms with E-state index in [1.807, 2.05) is 6.07 Å². The predicted molar refractivity (Wildman–Crippen MR) is 76.8 cm³/mol. The molecule has 0 saturated heterocycles. The van der Waals surface area contributed by atoms with Gasteiger partial charge in [-0.1, -0.05) is 41.0 Å². The van der Waals surface area contributed by atoms with Crippen LogP contribution in [0.25, 0.3) is 22.5 Å². The molecule has 0 atom stereocenters. The Hall–Kier alpha value is -2.33. The first kappa shape index (κ1) is 12.7. The molecule has 3 nitrogen and oxygen atoms in total. The zero-order valence-electron chi connectivity index (χ0n) is 10.3. The smallest absolute Gasteiger partial charge is 0.177 e. The number of nitrogen functional groups attached to an aromatic ring is 1. The van der Waals surface area contributed by atoms with Crippen LogP contribution in [-0.2, 0) is 0 Å². The zero-order chi connectivity index (χ0) is 14.1. The molecular weight excluding hydrogens is 279 g/mol. The van der Waals surface area contributed by atoms with Gasteiger partial charge in [0.05, 0.1) is 5.56 Å². The van der Waals surface area contributed by atoms with E-state index in [0.29, 0.717) is 21.9 Å². The van der Waals surface area contributed by atoms with Crippen LogP contribution in [0.15, 0.2) is 53.1 Å². The van der Waals surface area contributed by atoms with E-state index < -0.39 is 0 Å². The second kappa shape index (κ2) is 4.98. The molecule has 0 saturated carbocycles. The van der Waals surface area contributed by atoms with Crippen LogP contribution in [0.2, 0.25) is 5.02 Å². The number of aromatic nitrogens is 1. The fraction of sp³-hybridized carbons (Fsp3) is 0. The Labute approximate surface area is 119 Å². The minimum absolute atomic E-state index is 0.242. The first-order valence-corrected chi connectivity index (χ1v) is 6.30. The maximum Gasteiger partial charge on any atom is 0.177 e. The zero-order valence-corrected chi connectivity index (χ0v) is 11.1. The summed E-state index contributed by atoms with van der Waals surface area (Å²) in [6.07, 6.45) is 0. The molecule has 2 N–H and O–H groups in total. The predicted octanol–water partition coefficient (Wildman–Crippen LogP) is 4.38. The second-order valence-electron chi connectivity index (χ2n) is 4.29. The molecule has 0 bridgehead atoms. The summed E-state index contributed by atoms with van der Waals surface area (Å²) < 4.78 is 18.6. The first-order chi connectivity index (χ1) is 9.65. The van der Waals surface area contributed by atoms with Crippen LogP contribution in [0.3, 0.4) is 0 Å². The minimum atomic E-state index is -0.352. The van der Waals surface area contributed by atoms with Gasteiger partial charge in [0, 0.05) is 10.6 Å². The third-order valence-electron chi connectivity index (χ3n) is 2.92. The summed E-state index contributed by atoms with van der Waals surface area (Å²) in [5.41, 5.74) is 7.81. The standard InChI is InChI=1S/C15H10ClFN2O/c16-11-5-1-3-9(7-11)13-14(20-19-15(13)18)10-4-2-6-12(17)8-10/h1-8H,(H2,18,19). The minimum Gasteiger partial charge on any atom is -0.380 e. The largest absolute Gasteiger partial charge is 0.380 e. The van der Waals surface area contributed by atoms with Crippen LogP contribution < -0.4 is 5.73 Å². The maximum absolute atomic E-state index is 13.3. The van der Waals surface area contributed by atoms with E-state index in [2.05, 4.69) is 5.16 Å². The monoisotopic (exact) mass is 288 g/mol. The lowest BCUT2D eigenvalue weighted by atomic mass is 10.0. The third-order valence-corrected chi connectivity index (χ3v) is 3.15. The van der Waals surface area contributed by atoms with Crippen LogP contribution in [0.1, 0.15) is 0 Å². The molecule has 0 aliphatic heterocycles. The van der Waals surface area contributed by atoms with E-state index in [-0.39, 0.29) is 11.6 Å². The Morgan fingerprint density at radius 2 is 1.80 bits per heavy atom. The van der Waals surface area contributed by atoms with Gasteiger partial charge in [-0.15, -0.1) is 0 Å². The first-order valence-electron chi connectivity index (χ1n) is 5.92. The number of anilines is 1. The molecule has 20 heavy (non-hydrogen) atoms. The summed E-state index contributed by atoms with van der Waals surface area (Å²) in [7, 11) is 0. The van der Waals surface area contributed by atoms with Gasteiger partial charge in [-0.3, -0.25) is 0 Å². The summed E-state index contributed by atoms with van der Waals surface area (Å²) in [6.45, 7) is 0. The van der Waals surface area contributed by atoms with Crippen LogP contribution in [0.5, 0.6) is 0 Å². The van der Waals surface area contributed by atoms with Crippen molar-refractivity contribution in [2.45, 2.75) is 0 Å². The van der Waals surface area contributed by atoms with Crippen molar-refractivity contribution in [1.29, 1.82) is 0 Å². The van der Waals surface area contributed by atoms with Crippen molar-refractivity contribution in [2.24, 2.45) is 0 Å². The van der Waals surface area contributed by atoms with Gasteiger partial charge in [0.1, 0.15) is 5.82 Å². The molecule has 3 rings (SSSR count). The van der Waals surface area contributed by atoms with E-state index in [1.54, 1.807) is 30.3 Å². The fourth-order valence-electron chi connectivity index (χ4n) is 2.05. The van der Waals surface area contributed by atoms with E-state index in [9.17, 15) is 4.39 Å². The van der Waals surface area contributed by atoms with Crippen molar-refractivity contribution < 1.29 is 8.91 Å². The van der Waals surface area contributed by atoms with Crippen LogP contribution in [0.4, 0.5) is 10.2 Å². The van der Waals surface area contributed by atoms with Gasteiger partial charge in [0.15, 0.2) is 11.6 Å².